The third-order valence-electron chi connectivity index (χ3n) is 30.2. The highest BCUT2D eigenvalue weighted by Gasteiger charge is 2.45. The molecule has 9 heterocycles. The molecule has 6 aliphatic rings. The van der Waals surface area contributed by atoms with Gasteiger partial charge in [-0.15, -0.1) is 0 Å². The Labute approximate surface area is 794 Å². The smallest absolute Gasteiger partial charge is 0.220 e. The van der Waals surface area contributed by atoms with Crippen molar-refractivity contribution in [3.63, 3.8) is 0 Å². The van der Waals surface area contributed by atoms with E-state index in [1.54, 1.807) is 6.20 Å². The highest BCUT2D eigenvalue weighted by atomic mass is 15.5. The van der Waals surface area contributed by atoms with Crippen LogP contribution in [0.5, 0.6) is 0 Å². The van der Waals surface area contributed by atoms with Crippen LogP contribution >= 0.6 is 0 Å². The number of nitrogens with zero attached hydrogens (tertiary/aromatic N) is 14. The molecule has 20 rings (SSSR count). The molecule has 2 aliphatic carbocycles. The lowest BCUT2D eigenvalue weighted by Crippen LogP contribution is -2.49. The van der Waals surface area contributed by atoms with Crippen LogP contribution in [0.25, 0.3) is 66.6 Å². The normalized spacial score (nSPS) is 17.2. The molecule has 2 fully saturated rings. The second-order valence-electron chi connectivity index (χ2n) is 41.5. The first-order valence-corrected chi connectivity index (χ1v) is 49.1. The van der Waals surface area contributed by atoms with E-state index in [1.165, 1.54) is 243 Å². The molecule has 0 spiro atoms. The number of fused-ring (bicyclic) bond motifs is 6. The number of hydrogen-bond donors (Lipinski definition) is 0. The van der Waals surface area contributed by atoms with Crippen molar-refractivity contribution in [3.8, 4) is 45.0 Å². The molecule has 14 aromatic rings. The third kappa shape index (κ3) is 17.1. The Bertz CT molecular complexity index is 6710. The van der Waals surface area contributed by atoms with E-state index in [1.807, 2.05) is 6.20 Å². The lowest BCUT2D eigenvalue weighted by atomic mass is 9.85. The Morgan fingerprint density at radius 2 is 0.947 bits per heavy atom. The molecule has 14 nitrogen and oxygen atoms in total. The second-order valence-corrected chi connectivity index (χ2v) is 41.5. The van der Waals surface area contributed by atoms with Crippen LogP contribution < -0.4 is 57.5 Å². The highest BCUT2D eigenvalue weighted by Crippen LogP contribution is 2.55. The molecule has 0 bridgehead atoms. The van der Waals surface area contributed by atoms with Crippen molar-refractivity contribution in [3.05, 3.63) is 299 Å². The van der Waals surface area contributed by atoms with E-state index in [9.17, 15) is 0 Å². The summed E-state index contributed by atoms with van der Waals surface area (Å²) >= 11 is 0. The molecular weight excluding hydrogens is 1630 g/mol. The average Bonchev–Trinajstić information content (AvgIpc) is 1.63. The molecule has 9 aromatic carbocycles. The summed E-state index contributed by atoms with van der Waals surface area (Å²) in [5.41, 5.74) is 38.4. The second kappa shape index (κ2) is 37.2. The minimum Gasteiger partial charge on any atom is -0.353 e. The molecular formula is C119H144N14+4. The molecule has 0 amide bonds. The van der Waals surface area contributed by atoms with Gasteiger partial charge in [-0.2, -0.15) is 4.57 Å². The van der Waals surface area contributed by atoms with Crippen LogP contribution in [0.3, 0.4) is 0 Å². The largest absolute Gasteiger partial charge is 0.353 e. The van der Waals surface area contributed by atoms with Gasteiger partial charge >= 0.3 is 0 Å². The summed E-state index contributed by atoms with van der Waals surface area (Å²) in [6, 6.07) is 77.4. The molecule has 4 atom stereocenters. The SMILES string of the molecule is Cc1c(-c2cccc[n+]2C)cc(C2CCCC2)cc1N1c2ccccc2N(C2CCCCC2)[C@H]1C.Cc1c(N2c3ccccc3N(C)[C@H]2C)cc2ccccc2c1-c1cccc(C)[n+]1C.Cc1cc(-c2c3ccccc3cc[n+]2C)c(C)c(N2c3ccccc3N(C(C)C)[C@H]2C)c1C.Cc1cc[n+](C)c(-c2cc(CC(C)(C)C)cc(N3c4nccnc4N(C(C)(C)C)[C@H]3C)c2C)c1C. The minimum absolute atomic E-state index is 0.0850. The summed E-state index contributed by atoms with van der Waals surface area (Å²) in [6.07, 6.45) is 24.2. The van der Waals surface area contributed by atoms with Crippen molar-refractivity contribution in [2.24, 2.45) is 33.6 Å². The van der Waals surface area contributed by atoms with Gasteiger partial charge < -0.3 is 39.2 Å². The summed E-state index contributed by atoms with van der Waals surface area (Å²) < 4.78 is 9.11. The van der Waals surface area contributed by atoms with Crippen molar-refractivity contribution in [2.45, 2.75) is 258 Å². The fraction of sp³-hybridized carbons (Fsp3) is 0.378. The zero-order valence-electron chi connectivity index (χ0n) is 84.4. The van der Waals surface area contributed by atoms with Gasteiger partial charge in [0, 0.05) is 103 Å². The van der Waals surface area contributed by atoms with Crippen molar-refractivity contribution in [1.82, 2.24) is 9.97 Å². The van der Waals surface area contributed by atoms with Crippen LogP contribution in [-0.4, -0.2) is 59.3 Å². The predicted octanol–water partition coefficient (Wildman–Crippen LogP) is 27.2. The standard InChI is InChI=1S/C32H40N3.C30H42N5.C30H34N3.C27H28N3/c1-23-28(29-17-11-12-20-33(29)3)21-26(25-13-7-8-14-25)22-32(23)35-24(2)34(27-15-5-4-6-16-27)30-18-9-10-19-31(30)35;1-19-12-15-33(11)26(20(19)2)24-16-23(18-29(5,6)7)17-25(21(24)3)34-22(4)35(30(8,9)10)28-27(34)31-13-14-32-28;1-19(2)32-23(6)33(28-15-11-10-14-27(28)32)29-21(4)20(3)18-26(22(29)5)30-25-13-9-8-12-24(25)16-17-31(30)7;1-18-11-10-16-25(28(18)4)27-19(2)26(17-21-12-6-7-13-22(21)27)30-20(3)29(5)23-14-8-9-15-24(23)30/h9-12,17-22,24-25,27H,4-8,13-16H2,1-3H3;12-17,22H,18H2,1-11H3;8-19,23H,1-7H3;6-17,20H,1-5H3/q4*+1/t24-;22-;23-;20-/m1011/s1. The Morgan fingerprint density at radius 1 is 0.398 bits per heavy atom. The maximum atomic E-state index is 4.84. The first-order valence-electron chi connectivity index (χ1n) is 49.1. The van der Waals surface area contributed by atoms with E-state index in [4.69, 9.17) is 9.97 Å². The quantitative estimate of drug-likeness (QED) is 0.111. The molecule has 686 valence electrons. The number of aryl methyl sites for hydroxylation is 6. The van der Waals surface area contributed by atoms with E-state index in [2.05, 4.69) is 463 Å². The van der Waals surface area contributed by atoms with E-state index < -0.39 is 0 Å². The first kappa shape index (κ1) is 92.4. The van der Waals surface area contributed by atoms with Crippen molar-refractivity contribution in [2.75, 3.05) is 46.2 Å². The summed E-state index contributed by atoms with van der Waals surface area (Å²) in [6.45, 7) is 47.8. The van der Waals surface area contributed by atoms with Gasteiger partial charge in [0.2, 0.25) is 22.8 Å². The van der Waals surface area contributed by atoms with Gasteiger partial charge in [-0.25, -0.2) is 23.7 Å². The molecule has 2 saturated carbocycles. The Balaban J connectivity index is 0.000000124. The maximum Gasteiger partial charge on any atom is 0.220 e. The molecule has 5 aromatic heterocycles. The minimum atomic E-state index is -0.0850. The summed E-state index contributed by atoms with van der Waals surface area (Å²) in [7, 11) is 10.8. The molecule has 0 unspecified atom stereocenters. The highest BCUT2D eigenvalue weighted by molar-refractivity contribution is 6.03. The zero-order valence-corrected chi connectivity index (χ0v) is 84.4. The van der Waals surface area contributed by atoms with Gasteiger partial charge in [-0.1, -0.05) is 132 Å². The van der Waals surface area contributed by atoms with E-state index in [-0.39, 0.29) is 29.5 Å². The van der Waals surface area contributed by atoms with Gasteiger partial charge in [0.05, 0.1) is 67.5 Å². The molecule has 0 radical (unpaired) electrons. The van der Waals surface area contributed by atoms with E-state index in [0.717, 1.165) is 18.1 Å². The van der Waals surface area contributed by atoms with Gasteiger partial charge in [-0.05, 0) is 318 Å². The molecule has 0 N–H and O–H groups in total. The number of benzene rings is 9. The number of pyridine rings is 4. The fourth-order valence-corrected chi connectivity index (χ4v) is 23.2. The summed E-state index contributed by atoms with van der Waals surface area (Å²) in [5, 5.41) is 5.14. The van der Waals surface area contributed by atoms with Crippen LogP contribution in [0.2, 0.25) is 0 Å². The topological polar surface area (TPSA) is 67.2 Å². The van der Waals surface area contributed by atoms with Gasteiger partial charge in [0.1, 0.15) is 52.9 Å². The monoisotopic (exact) mass is 1770 g/mol. The molecule has 14 heteroatoms. The number of aromatic nitrogens is 6. The van der Waals surface area contributed by atoms with Crippen molar-refractivity contribution >= 4 is 90.1 Å². The lowest BCUT2D eigenvalue weighted by Gasteiger charge is -2.39. The van der Waals surface area contributed by atoms with Crippen LogP contribution in [0, 0.1) is 67.7 Å². The average molecular weight is 1770 g/mol. The summed E-state index contributed by atoms with van der Waals surface area (Å²) in [5.74, 6) is 2.57. The fourth-order valence-electron chi connectivity index (χ4n) is 23.2. The van der Waals surface area contributed by atoms with Crippen LogP contribution in [0.15, 0.2) is 237 Å². The van der Waals surface area contributed by atoms with Crippen LogP contribution in [-0.2, 0) is 34.6 Å². The third-order valence-corrected chi connectivity index (χ3v) is 30.2. The Kier molecular flexibility index (Phi) is 25.9. The van der Waals surface area contributed by atoms with Crippen molar-refractivity contribution < 1.29 is 18.3 Å². The first-order chi connectivity index (χ1) is 63.6. The number of anilines is 12. The molecule has 133 heavy (non-hydrogen) atoms. The maximum absolute atomic E-state index is 4.84. The summed E-state index contributed by atoms with van der Waals surface area (Å²) in [4.78, 5) is 29.8. The molecule has 0 saturated heterocycles. The number of hydrogen-bond acceptors (Lipinski definition) is 10. The molecule has 4 aliphatic heterocycles. The van der Waals surface area contributed by atoms with Crippen LogP contribution in [0.1, 0.15) is 208 Å². The number of para-hydroxylation sites is 6. The lowest BCUT2D eigenvalue weighted by molar-refractivity contribution is -0.666. The number of rotatable bonds is 12. The van der Waals surface area contributed by atoms with Crippen molar-refractivity contribution in [1.29, 1.82) is 0 Å². The zero-order chi connectivity index (χ0) is 94.2. The van der Waals surface area contributed by atoms with Gasteiger partial charge in [0.15, 0.2) is 35.9 Å². The predicted molar refractivity (Wildman–Crippen MR) is 560 cm³/mol. The van der Waals surface area contributed by atoms with E-state index >= 15 is 0 Å². The van der Waals surface area contributed by atoms with E-state index in [0.29, 0.717) is 24.2 Å². The van der Waals surface area contributed by atoms with Crippen LogP contribution in [0.4, 0.5) is 68.5 Å². The van der Waals surface area contributed by atoms with Gasteiger partial charge in [-0.3, -0.25) is 0 Å². The van der Waals surface area contributed by atoms with Gasteiger partial charge in [0.25, 0.3) is 0 Å². The Hall–Kier alpha value is -12.4. The Morgan fingerprint density at radius 3 is 1.62 bits per heavy atom.